The average molecular weight is 328 g/mol. The van der Waals surface area contributed by atoms with Gasteiger partial charge in [-0.05, 0) is 18.2 Å². The number of rotatable bonds is 4. The molecule has 0 atom stereocenters. The second kappa shape index (κ2) is 7.36. The van der Waals surface area contributed by atoms with E-state index in [9.17, 15) is 5.26 Å². The van der Waals surface area contributed by atoms with Crippen molar-refractivity contribution in [1.29, 1.82) is 5.26 Å². The molecule has 3 rings (SSSR count). The predicted octanol–water partition coefficient (Wildman–Crippen LogP) is 3.20. The van der Waals surface area contributed by atoms with Gasteiger partial charge < -0.3 is 15.0 Å². The maximum atomic E-state index is 9.18. The first-order valence-corrected chi connectivity index (χ1v) is 8.02. The summed E-state index contributed by atoms with van der Waals surface area (Å²) in [4.78, 5) is 2.36. The maximum absolute atomic E-state index is 9.18. The van der Waals surface area contributed by atoms with E-state index in [0.717, 1.165) is 31.7 Å². The van der Waals surface area contributed by atoms with Gasteiger partial charge in [0, 0.05) is 48.5 Å². The molecular weight excluding hydrogens is 310 g/mol. The number of ether oxygens (including phenoxy) is 1. The third-order valence-corrected chi connectivity index (χ3v) is 4.13. The molecule has 118 valence electrons. The van der Waals surface area contributed by atoms with Gasteiger partial charge in [0.1, 0.15) is 18.4 Å². The molecule has 2 aromatic rings. The van der Waals surface area contributed by atoms with E-state index in [1.54, 1.807) is 18.2 Å². The zero-order valence-electron chi connectivity index (χ0n) is 12.8. The number of benzene rings is 2. The number of nitrogens with one attached hydrogen (secondary N) is 1. The fourth-order valence-electron chi connectivity index (χ4n) is 2.71. The molecule has 23 heavy (non-hydrogen) atoms. The lowest BCUT2D eigenvalue weighted by atomic mass is 10.1. The van der Waals surface area contributed by atoms with Gasteiger partial charge in [-0.25, -0.2) is 0 Å². The Labute approximate surface area is 141 Å². The van der Waals surface area contributed by atoms with Gasteiger partial charge in [0.05, 0.1) is 5.56 Å². The summed E-state index contributed by atoms with van der Waals surface area (Å²) in [5.41, 5.74) is 2.79. The first-order valence-electron chi connectivity index (χ1n) is 7.64. The summed E-state index contributed by atoms with van der Waals surface area (Å²) < 4.78 is 5.88. The molecule has 1 N–H and O–H groups in total. The Morgan fingerprint density at radius 1 is 1.17 bits per heavy atom. The van der Waals surface area contributed by atoms with Gasteiger partial charge in [-0.1, -0.05) is 29.8 Å². The van der Waals surface area contributed by atoms with Gasteiger partial charge in [-0.15, -0.1) is 0 Å². The summed E-state index contributed by atoms with van der Waals surface area (Å²) in [6.45, 7) is 4.36. The first-order chi connectivity index (χ1) is 11.3. The third kappa shape index (κ3) is 3.76. The van der Waals surface area contributed by atoms with Gasteiger partial charge in [-0.2, -0.15) is 5.26 Å². The molecule has 0 unspecified atom stereocenters. The lowest BCUT2D eigenvalue weighted by Crippen LogP contribution is -2.43. The highest BCUT2D eigenvalue weighted by Gasteiger charge is 2.14. The highest BCUT2D eigenvalue weighted by Crippen LogP contribution is 2.26. The van der Waals surface area contributed by atoms with Crippen LogP contribution in [0.1, 0.15) is 11.1 Å². The Morgan fingerprint density at radius 2 is 1.96 bits per heavy atom. The van der Waals surface area contributed by atoms with Crippen LogP contribution in [0.4, 0.5) is 5.69 Å². The smallest absolute Gasteiger partial charge is 0.139 e. The minimum atomic E-state index is 0.412. The molecule has 1 saturated heterocycles. The van der Waals surface area contributed by atoms with E-state index in [1.807, 2.05) is 12.1 Å². The van der Waals surface area contributed by atoms with E-state index >= 15 is 0 Å². The van der Waals surface area contributed by atoms with Crippen molar-refractivity contribution in [1.82, 2.24) is 5.32 Å². The quantitative estimate of drug-likeness (QED) is 0.937. The van der Waals surface area contributed by atoms with Crippen LogP contribution in [-0.2, 0) is 6.61 Å². The molecule has 1 fully saturated rings. The minimum absolute atomic E-state index is 0.412. The molecule has 0 saturated carbocycles. The Morgan fingerprint density at radius 3 is 2.74 bits per heavy atom. The maximum Gasteiger partial charge on any atom is 0.139 e. The number of halogens is 1. The standard InChI is InChI=1S/C18H18ClN3O/c19-16-6-5-14(12-20)18(11-16)23-13-15-3-1-2-4-17(15)22-9-7-21-8-10-22/h1-6,11,21H,7-10,13H2. The SMILES string of the molecule is N#Cc1ccc(Cl)cc1OCc1ccccc1N1CCNCC1. The summed E-state index contributed by atoms with van der Waals surface area (Å²) in [5, 5.41) is 13.1. The van der Waals surface area contributed by atoms with Crippen LogP contribution >= 0.6 is 11.6 Å². The van der Waals surface area contributed by atoms with Crippen LogP contribution in [-0.4, -0.2) is 26.2 Å². The summed E-state index contributed by atoms with van der Waals surface area (Å²) >= 11 is 6.00. The van der Waals surface area contributed by atoms with E-state index in [2.05, 4.69) is 28.4 Å². The third-order valence-electron chi connectivity index (χ3n) is 3.90. The molecular formula is C18H18ClN3O. The van der Waals surface area contributed by atoms with Crippen molar-refractivity contribution in [3.8, 4) is 11.8 Å². The number of piperazine rings is 1. The molecule has 0 radical (unpaired) electrons. The van der Waals surface area contributed by atoms with Crippen LogP contribution in [0.5, 0.6) is 5.75 Å². The molecule has 5 heteroatoms. The number of hydrogen-bond donors (Lipinski definition) is 1. The predicted molar refractivity (Wildman–Crippen MR) is 92.0 cm³/mol. The van der Waals surface area contributed by atoms with Crippen molar-refractivity contribution in [3.63, 3.8) is 0 Å². The van der Waals surface area contributed by atoms with Crippen molar-refractivity contribution in [2.24, 2.45) is 0 Å². The first kappa shape index (κ1) is 15.7. The largest absolute Gasteiger partial charge is 0.487 e. The van der Waals surface area contributed by atoms with E-state index in [-0.39, 0.29) is 0 Å². The van der Waals surface area contributed by atoms with Crippen molar-refractivity contribution in [3.05, 3.63) is 58.6 Å². The Balaban J connectivity index is 1.79. The zero-order valence-corrected chi connectivity index (χ0v) is 13.5. The summed E-state index contributed by atoms with van der Waals surface area (Å²) in [6, 6.07) is 15.4. The normalized spacial score (nSPS) is 14.3. The molecule has 0 amide bonds. The van der Waals surface area contributed by atoms with Crippen LogP contribution in [0, 0.1) is 11.3 Å². The molecule has 0 spiro atoms. The Hall–Kier alpha value is -2.22. The minimum Gasteiger partial charge on any atom is -0.487 e. The van der Waals surface area contributed by atoms with E-state index in [4.69, 9.17) is 16.3 Å². The van der Waals surface area contributed by atoms with Crippen molar-refractivity contribution in [2.45, 2.75) is 6.61 Å². The molecule has 0 aromatic heterocycles. The topological polar surface area (TPSA) is 48.3 Å². The highest BCUT2D eigenvalue weighted by molar-refractivity contribution is 6.30. The van der Waals surface area contributed by atoms with Gasteiger partial charge in [0.25, 0.3) is 0 Å². The average Bonchev–Trinajstić information content (AvgIpc) is 2.61. The number of para-hydroxylation sites is 1. The molecule has 1 heterocycles. The van der Waals surface area contributed by atoms with E-state index in [0.29, 0.717) is 22.9 Å². The fraction of sp³-hybridized carbons (Fsp3) is 0.278. The zero-order chi connectivity index (χ0) is 16.1. The van der Waals surface area contributed by atoms with Crippen molar-refractivity contribution in [2.75, 3.05) is 31.1 Å². The monoisotopic (exact) mass is 327 g/mol. The van der Waals surface area contributed by atoms with Crippen molar-refractivity contribution >= 4 is 17.3 Å². The lowest BCUT2D eigenvalue weighted by molar-refractivity contribution is 0.305. The molecule has 4 nitrogen and oxygen atoms in total. The molecule has 1 aliphatic rings. The van der Waals surface area contributed by atoms with Crippen LogP contribution in [0.2, 0.25) is 5.02 Å². The summed E-state index contributed by atoms with van der Waals surface area (Å²) in [7, 11) is 0. The molecule has 0 bridgehead atoms. The van der Waals surface area contributed by atoms with Gasteiger partial charge in [0.2, 0.25) is 0 Å². The summed E-state index contributed by atoms with van der Waals surface area (Å²) in [6.07, 6.45) is 0. The van der Waals surface area contributed by atoms with Crippen LogP contribution in [0.3, 0.4) is 0 Å². The number of nitriles is 1. The number of hydrogen-bond acceptors (Lipinski definition) is 4. The number of anilines is 1. The Kier molecular flexibility index (Phi) is 5.02. The fourth-order valence-corrected chi connectivity index (χ4v) is 2.87. The van der Waals surface area contributed by atoms with E-state index < -0.39 is 0 Å². The second-order valence-electron chi connectivity index (χ2n) is 5.41. The van der Waals surface area contributed by atoms with Crippen molar-refractivity contribution < 1.29 is 4.74 Å². The van der Waals surface area contributed by atoms with Crippen LogP contribution in [0.25, 0.3) is 0 Å². The van der Waals surface area contributed by atoms with Gasteiger partial charge >= 0.3 is 0 Å². The lowest BCUT2D eigenvalue weighted by Gasteiger charge is -2.31. The summed E-state index contributed by atoms with van der Waals surface area (Å²) in [5.74, 6) is 0.523. The molecule has 2 aromatic carbocycles. The van der Waals surface area contributed by atoms with Gasteiger partial charge in [0.15, 0.2) is 0 Å². The highest BCUT2D eigenvalue weighted by atomic mass is 35.5. The molecule has 0 aliphatic carbocycles. The van der Waals surface area contributed by atoms with E-state index in [1.165, 1.54) is 5.69 Å². The second-order valence-corrected chi connectivity index (χ2v) is 5.84. The van der Waals surface area contributed by atoms with Gasteiger partial charge in [-0.3, -0.25) is 0 Å². The molecule has 1 aliphatic heterocycles. The van der Waals surface area contributed by atoms with Crippen LogP contribution in [0.15, 0.2) is 42.5 Å². The van der Waals surface area contributed by atoms with Crippen LogP contribution < -0.4 is 15.0 Å². The number of nitrogens with zero attached hydrogens (tertiary/aromatic N) is 2. The Bertz CT molecular complexity index is 720.